The van der Waals surface area contributed by atoms with E-state index in [4.69, 9.17) is 28.4 Å². The van der Waals surface area contributed by atoms with Gasteiger partial charge in [0, 0.05) is 10.9 Å². The minimum Gasteiger partial charge on any atom is -0.489 e. The Bertz CT molecular complexity index is 1370. The van der Waals surface area contributed by atoms with Crippen molar-refractivity contribution in [1.29, 1.82) is 0 Å². The normalized spacial score (nSPS) is 28.6. The first-order valence-corrected chi connectivity index (χ1v) is 12.7. The molecule has 3 aliphatic rings. The maximum atomic E-state index is 13.1. The molecule has 4 atom stereocenters. The molecule has 4 heterocycles. The molecule has 1 aromatic heterocycles. The molecular weight excluding hydrogens is 490 g/mol. The third kappa shape index (κ3) is 5.05. The summed E-state index contributed by atoms with van der Waals surface area (Å²) in [5, 5.41) is 5.29. The Balaban J connectivity index is 1.18. The number of H-pyrrole nitrogens is 1. The van der Waals surface area contributed by atoms with Gasteiger partial charge in [0.05, 0.1) is 6.61 Å². The number of benzene rings is 2. The van der Waals surface area contributed by atoms with Crippen LogP contribution >= 0.6 is 0 Å². The molecule has 0 bridgehead atoms. The topological polar surface area (TPSA) is 113 Å². The van der Waals surface area contributed by atoms with Gasteiger partial charge in [-0.15, -0.1) is 0 Å². The highest BCUT2D eigenvalue weighted by atomic mass is 16.8. The lowest BCUT2D eigenvalue weighted by atomic mass is 10.1. The quantitative estimate of drug-likeness (QED) is 0.474. The number of hydrogen-bond donors (Lipinski definition) is 2. The molecular formula is C28H31N3O7. The summed E-state index contributed by atoms with van der Waals surface area (Å²) in [4.78, 5) is 16.2. The number of aromatic amines is 1. The number of aromatic nitrogens is 1. The number of nitrogens with zero attached hydrogens (tertiary/aromatic N) is 1. The number of ether oxygens (including phenoxy) is 6. The molecule has 2 aromatic carbocycles. The summed E-state index contributed by atoms with van der Waals surface area (Å²) in [5.41, 5.74) is 5.40. The van der Waals surface area contributed by atoms with Crippen molar-refractivity contribution >= 4 is 22.5 Å². The zero-order valence-corrected chi connectivity index (χ0v) is 21.7. The van der Waals surface area contributed by atoms with E-state index in [1.165, 1.54) is 0 Å². The molecule has 3 aliphatic heterocycles. The van der Waals surface area contributed by atoms with Crippen molar-refractivity contribution in [2.45, 2.75) is 70.5 Å². The van der Waals surface area contributed by atoms with Gasteiger partial charge in [-0.2, -0.15) is 5.10 Å². The van der Waals surface area contributed by atoms with Gasteiger partial charge in [-0.1, -0.05) is 30.3 Å². The monoisotopic (exact) mass is 521 g/mol. The maximum absolute atomic E-state index is 13.1. The third-order valence-corrected chi connectivity index (χ3v) is 6.66. The van der Waals surface area contributed by atoms with Crippen molar-refractivity contribution in [2.24, 2.45) is 5.10 Å². The van der Waals surface area contributed by atoms with Crippen LogP contribution in [0, 0.1) is 0 Å². The zero-order chi connectivity index (χ0) is 26.5. The van der Waals surface area contributed by atoms with Gasteiger partial charge < -0.3 is 33.4 Å². The zero-order valence-electron chi connectivity index (χ0n) is 21.7. The second-order valence-electron chi connectivity index (χ2n) is 10.5. The summed E-state index contributed by atoms with van der Waals surface area (Å²) < 4.78 is 35.7. The SMILES string of the molecule is CC1(C)OCC(C2OC3OC(C)(C)OC3/C2=N\NC(=O)c2cc3cc(OCc4ccccc4)ccc3[nH]2)O1. The lowest BCUT2D eigenvalue weighted by Crippen LogP contribution is -2.41. The Morgan fingerprint density at radius 2 is 1.84 bits per heavy atom. The van der Waals surface area contributed by atoms with Crippen LogP contribution in [-0.2, 0) is 30.3 Å². The average molecular weight is 522 g/mol. The highest BCUT2D eigenvalue weighted by molar-refractivity contribution is 6.00. The number of carbonyl (C=O) groups excluding carboxylic acids is 1. The second-order valence-corrected chi connectivity index (χ2v) is 10.5. The van der Waals surface area contributed by atoms with Crippen LogP contribution in [0.2, 0.25) is 0 Å². The summed E-state index contributed by atoms with van der Waals surface area (Å²) in [5.74, 6) is -1.26. The smallest absolute Gasteiger partial charge is 0.287 e. The van der Waals surface area contributed by atoms with Crippen LogP contribution in [0.3, 0.4) is 0 Å². The van der Waals surface area contributed by atoms with Crippen molar-refractivity contribution in [3.05, 3.63) is 65.9 Å². The van der Waals surface area contributed by atoms with Gasteiger partial charge in [-0.25, -0.2) is 5.43 Å². The number of nitrogens with one attached hydrogen (secondary N) is 2. The van der Waals surface area contributed by atoms with E-state index in [1.807, 2.05) is 62.4 Å². The van der Waals surface area contributed by atoms with Crippen molar-refractivity contribution in [3.63, 3.8) is 0 Å². The van der Waals surface area contributed by atoms with Gasteiger partial charge >= 0.3 is 0 Å². The molecule has 38 heavy (non-hydrogen) atoms. The van der Waals surface area contributed by atoms with E-state index in [0.717, 1.165) is 16.5 Å². The first-order chi connectivity index (χ1) is 18.2. The summed E-state index contributed by atoms with van der Waals surface area (Å²) in [6, 6.07) is 17.4. The average Bonchev–Trinajstić information content (AvgIpc) is 3.62. The van der Waals surface area contributed by atoms with Crippen LogP contribution in [-0.4, -0.2) is 59.4 Å². The van der Waals surface area contributed by atoms with E-state index in [2.05, 4.69) is 15.5 Å². The maximum Gasteiger partial charge on any atom is 0.287 e. The van der Waals surface area contributed by atoms with Gasteiger partial charge in [0.25, 0.3) is 5.91 Å². The van der Waals surface area contributed by atoms with Crippen LogP contribution < -0.4 is 10.2 Å². The Labute approximate surface area is 220 Å². The van der Waals surface area contributed by atoms with Crippen LogP contribution in [0.1, 0.15) is 43.7 Å². The Morgan fingerprint density at radius 3 is 2.61 bits per heavy atom. The summed E-state index contributed by atoms with van der Waals surface area (Å²) in [6.45, 7) is 8.07. The Hall–Kier alpha value is -3.28. The number of amides is 1. The number of carbonyl (C=O) groups is 1. The highest BCUT2D eigenvalue weighted by Gasteiger charge is 2.56. The molecule has 3 saturated heterocycles. The van der Waals surface area contributed by atoms with E-state index < -0.39 is 42.1 Å². The molecule has 4 unspecified atom stereocenters. The fourth-order valence-electron chi connectivity index (χ4n) is 4.91. The molecule has 3 aromatic rings. The molecule has 0 saturated carbocycles. The van der Waals surface area contributed by atoms with E-state index in [9.17, 15) is 4.79 Å². The largest absolute Gasteiger partial charge is 0.489 e. The number of hydrazone groups is 1. The molecule has 0 aliphatic carbocycles. The Kier molecular flexibility index (Phi) is 6.24. The molecule has 200 valence electrons. The first kappa shape index (κ1) is 25.0. The van der Waals surface area contributed by atoms with E-state index in [0.29, 0.717) is 30.4 Å². The van der Waals surface area contributed by atoms with Gasteiger partial charge in [0.1, 0.15) is 36.0 Å². The minimum absolute atomic E-state index is 0.324. The molecule has 6 rings (SSSR count). The molecule has 10 nitrogen and oxygen atoms in total. The standard InChI is InChI=1S/C28H31N3O7/c1-27(2)34-15-21(36-27)23-22(24-26(35-23)38-28(3,4)37-24)30-31-25(32)20-13-17-12-18(10-11-19(17)29-20)33-14-16-8-6-5-7-9-16/h5-13,21,23-24,26,29H,14-15H2,1-4H3,(H,31,32)/b30-22-. The Morgan fingerprint density at radius 1 is 1.03 bits per heavy atom. The first-order valence-electron chi connectivity index (χ1n) is 12.7. The highest BCUT2D eigenvalue weighted by Crippen LogP contribution is 2.39. The van der Waals surface area contributed by atoms with Gasteiger partial charge in [-0.05, 0) is 57.5 Å². The van der Waals surface area contributed by atoms with E-state index in [1.54, 1.807) is 19.9 Å². The number of fused-ring (bicyclic) bond motifs is 2. The molecule has 2 N–H and O–H groups in total. The van der Waals surface area contributed by atoms with E-state index in [-0.39, 0.29) is 0 Å². The molecule has 3 fully saturated rings. The third-order valence-electron chi connectivity index (χ3n) is 6.66. The van der Waals surface area contributed by atoms with Gasteiger partial charge in [-0.3, -0.25) is 4.79 Å². The minimum atomic E-state index is -0.838. The van der Waals surface area contributed by atoms with Crippen LogP contribution in [0.15, 0.2) is 59.7 Å². The van der Waals surface area contributed by atoms with Crippen molar-refractivity contribution in [3.8, 4) is 5.75 Å². The van der Waals surface area contributed by atoms with E-state index >= 15 is 0 Å². The molecule has 0 radical (unpaired) electrons. The lowest BCUT2D eigenvalue weighted by molar-refractivity contribution is -0.211. The lowest BCUT2D eigenvalue weighted by Gasteiger charge is -2.24. The van der Waals surface area contributed by atoms with Crippen LogP contribution in [0.25, 0.3) is 10.9 Å². The summed E-state index contributed by atoms with van der Waals surface area (Å²) in [7, 11) is 0. The predicted molar refractivity (Wildman–Crippen MR) is 138 cm³/mol. The molecule has 10 heteroatoms. The van der Waals surface area contributed by atoms with Gasteiger partial charge in [0.2, 0.25) is 0 Å². The van der Waals surface area contributed by atoms with Crippen LogP contribution in [0.5, 0.6) is 5.75 Å². The fraction of sp³-hybridized carbons (Fsp3) is 0.429. The van der Waals surface area contributed by atoms with Crippen LogP contribution in [0.4, 0.5) is 0 Å². The van der Waals surface area contributed by atoms with Crippen molar-refractivity contribution in [1.82, 2.24) is 10.4 Å². The second kappa shape index (κ2) is 9.48. The van der Waals surface area contributed by atoms with Crippen molar-refractivity contribution in [2.75, 3.05) is 6.61 Å². The van der Waals surface area contributed by atoms with Gasteiger partial charge in [0.15, 0.2) is 24.0 Å². The summed E-state index contributed by atoms with van der Waals surface area (Å²) in [6.07, 6.45) is -2.23. The van der Waals surface area contributed by atoms with Crippen molar-refractivity contribution < 1.29 is 33.2 Å². The number of hydrogen-bond acceptors (Lipinski definition) is 8. The molecule has 0 spiro atoms. The summed E-state index contributed by atoms with van der Waals surface area (Å²) >= 11 is 0. The fourth-order valence-corrected chi connectivity index (χ4v) is 4.91. The molecule has 1 amide bonds. The predicted octanol–water partition coefficient (Wildman–Crippen LogP) is 3.86. The number of rotatable bonds is 6.